The van der Waals surface area contributed by atoms with Crippen LogP contribution in [0.4, 0.5) is 0 Å². The van der Waals surface area contributed by atoms with Gasteiger partial charge in [0.05, 0.1) is 23.4 Å². The molecule has 0 aliphatic rings. The standard InChI is InChI=1S/C11H13NO4/c1-5(13)4-8-10(15)11(16)9(7(3)14)6(2)12-8/h15H,4H2,1-3H3,(H,12,16). The van der Waals surface area contributed by atoms with E-state index in [2.05, 4.69) is 4.98 Å². The summed E-state index contributed by atoms with van der Waals surface area (Å²) >= 11 is 0. The van der Waals surface area contributed by atoms with E-state index >= 15 is 0 Å². The molecule has 0 aliphatic carbocycles. The maximum atomic E-state index is 11.2. The van der Waals surface area contributed by atoms with Crippen molar-refractivity contribution in [2.24, 2.45) is 0 Å². The molecule has 0 saturated heterocycles. The molecule has 0 bridgehead atoms. The Morgan fingerprint density at radius 1 is 1.19 bits per heavy atom. The molecule has 0 aliphatic heterocycles. The molecule has 1 rings (SSSR count). The van der Waals surface area contributed by atoms with Gasteiger partial charge in [0.2, 0.25) is 0 Å². The highest BCUT2D eigenvalue weighted by atomic mass is 16.3. The Morgan fingerprint density at radius 3 is 2.19 bits per heavy atom. The zero-order valence-corrected chi connectivity index (χ0v) is 9.37. The number of pyridine rings is 1. The van der Waals surface area contributed by atoms with Crippen LogP contribution in [0, 0.1) is 6.92 Å². The number of hydrogen-bond donors (Lipinski definition) is 2. The average Bonchev–Trinajstić information content (AvgIpc) is 2.12. The number of ketones is 2. The molecule has 0 saturated carbocycles. The summed E-state index contributed by atoms with van der Waals surface area (Å²) < 4.78 is 0. The number of aromatic nitrogens is 1. The molecule has 2 N–H and O–H groups in total. The number of carbonyl (C=O) groups excluding carboxylic acids is 2. The lowest BCUT2D eigenvalue weighted by Gasteiger charge is -2.10. The van der Waals surface area contributed by atoms with Crippen molar-refractivity contribution in [2.75, 3.05) is 0 Å². The number of carbonyl (C=O) groups is 2. The van der Waals surface area contributed by atoms with Crippen LogP contribution in [0.25, 0.3) is 0 Å². The predicted molar refractivity (Wildman–Crippen MR) is 56.7 cm³/mol. The molecule has 16 heavy (non-hydrogen) atoms. The maximum absolute atomic E-state index is 11.2. The zero-order valence-electron chi connectivity index (χ0n) is 9.37. The number of Topliss-reactive ketones (excluding diaryl/α,β-unsaturated/α-hetero) is 2. The molecule has 0 aromatic carbocycles. The lowest BCUT2D eigenvalue weighted by atomic mass is 10.1. The van der Waals surface area contributed by atoms with E-state index in [1.807, 2.05) is 0 Å². The molecule has 1 aromatic heterocycles. The topological polar surface area (TPSA) is 87.5 Å². The van der Waals surface area contributed by atoms with Crippen molar-refractivity contribution >= 4 is 11.6 Å². The van der Waals surface area contributed by atoms with E-state index < -0.39 is 11.5 Å². The minimum atomic E-state index is -0.503. The van der Waals surface area contributed by atoms with Crippen molar-refractivity contribution in [3.05, 3.63) is 17.0 Å². The Labute approximate surface area is 92.8 Å². The number of hydrogen-bond acceptors (Lipinski definition) is 5. The van der Waals surface area contributed by atoms with Gasteiger partial charge < -0.3 is 10.2 Å². The maximum Gasteiger partial charge on any atom is 0.180 e. The highest BCUT2D eigenvalue weighted by molar-refractivity contribution is 5.98. The number of aryl methyl sites for hydroxylation is 1. The first-order valence-corrected chi connectivity index (χ1v) is 4.76. The van der Waals surface area contributed by atoms with Crippen LogP contribution in [-0.4, -0.2) is 26.8 Å². The molecule has 0 spiro atoms. The van der Waals surface area contributed by atoms with Crippen molar-refractivity contribution in [2.45, 2.75) is 27.2 Å². The summed E-state index contributed by atoms with van der Waals surface area (Å²) in [6.07, 6.45) is -0.0710. The summed E-state index contributed by atoms with van der Waals surface area (Å²) in [5.41, 5.74) is 0.386. The first kappa shape index (κ1) is 12.2. The van der Waals surface area contributed by atoms with Gasteiger partial charge in [-0.2, -0.15) is 0 Å². The van der Waals surface area contributed by atoms with E-state index in [-0.39, 0.29) is 29.2 Å². The molecule has 0 unspecified atom stereocenters. The minimum absolute atomic E-state index is 0.00944. The third-order valence-corrected chi connectivity index (χ3v) is 2.17. The highest BCUT2D eigenvalue weighted by Gasteiger charge is 2.20. The van der Waals surface area contributed by atoms with E-state index in [0.717, 1.165) is 0 Å². The number of aromatic hydroxyl groups is 2. The molecule has 86 valence electrons. The van der Waals surface area contributed by atoms with E-state index in [1.54, 1.807) is 6.92 Å². The molecule has 1 heterocycles. The first-order valence-electron chi connectivity index (χ1n) is 4.76. The summed E-state index contributed by atoms with van der Waals surface area (Å²) in [5.74, 6) is -1.56. The second-order valence-electron chi connectivity index (χ2n) is 3.65. The van der Waals surface area contributed by atoms with Gasteiger partial charge in [0, 0.05) is 0 Å². The van der Waals surface area contributed by atoms with Crippen molar-refractivity contribution in [3.8, 4) is 11.5 Å². The van der Waals surface area contributed by atoms with Crippen molar-refractivity contribution < 1.29 is 19.8 Å². The SMILES string of the molecule is CC(=O)Cc1nc(C)c(C(C)=O)c(O)c1O. The molecule has 1 aromatic rings. The smallest absolute Gasteiger partial charge is 0.180 e. The van der Waals surface area contributed by atoms with Gasteiger partial charge in [-0.25, -0.2) is 0 Å². The average molecular weight is 223 g/mol. The van der Waals surface area contributed by atoms with Gasteiger partial charge in [0.15, 0.2) is 17.3 Å². The van der Waals surface area contributed by atoms with Crippen LogP contribution in [0.5, 0.6) is 11.5 Å². The van der Waals surface area contributed by atoms with Gasteiger partial charge in [-0.3, -0.25) is 14.6 Å². The van der Waals surface area contributed by atoms with Crippen LogP contribution in [-0.2, 0) is 11.2 Å². The third-order valence-electron chi connectivity index (χ3n) is 2.17. The quantitative estimate of drug-likeness (QED) is 0.750. The van der Waals surface area contributed by atoms with Gasteiger partial charge in [-0.15, -0.1) is 0 Å². The van der Waals surface area contributed by atoms with Crippen molar-refractivity contribution in [1.82, 2.24) is 4.98 Å². The van der Waals surface area contributed by atoms with E-state index in [4.69, 9.17) is 0 Å². The van der Waals surface area contributed by atoms with Gasteiger partial charge >= 0.3 is 0 Å². The van der Waals surface area contributed by atoms with Gasteiger partial charge in [0.25, 0.3) is 0 Å². The summed E-state index contributed by atoms with van der Waals surface area (Å²) in [7, 11) is 0. The zero-order chi connectivity index (χ0) is 12.5. The number of rotatable bonds is 3. The van der Waals surface area contributed by atoms with Gasteiger partial charge in [-0.1, -0.05) is 0 Å². The van der Waals surface area contributed by atoms with Crippen molar-refractivity contribution in [3.63, 3.8) is 0 Å². The Kier molecular flexibility index (Phi) is 3.27. The lowest BCUT2D eigenvalue weighted by molar-refractivity contribution is -0.116. The Morgan fingerprint density at radius 2 is 1.75 bits per heavy atom. The predicted octanol–water partition coefficient (Wildman–Crippen LogP) is 1.14. The largest absolute Gasteiger partial charge is 0.504 e. The van der Waals surface area contributed by atoms with Gasteiger partial charge in [-0.05, 0) is 20.8 Å². The minimum Gasteiger partial charge on any atom is -0.504 e. The second kappa shape index (κ2) is 4.30. The molecular formula is C11H13NO4. The molecule has 0 fully saturated rings. The summed E-state index contributed by atoms with van der Waals surface area (Å²) in [4.78, 5) is 26.0. The van der Waals surface area contributed by atoms with E-state index in [9.17, 15) is 19.8 Å². The fourth-order valence-corrected chi connectivity index (χ4v) is 1.52. The molecule has 5 heteroatoms. The molecular weight excluding hydrogens is 210 g/mol. The van der Waals surface area contributed by atoms with Crippen LogP contribution < -0.4 is 0 Å². The van der Waals surface area contributed by atoms with Crippen LogP contribution in [0.15, 0.2) is 0 Å². The van der Waals surface area contributed by atoms with Crippen LogP contribution in [0.3, 0.4) is 0 Å². The van der Waals surface area contributed by atoms with E-state index in [0.29, 0.717) is 5.69 Å². The van der Waals surface area contributed by atoms with Gasteiger partial charge in [0.1, 0.15) is 5.78 Å². The van der Waals surface area contributed by atoms with E-state index in [1.165, 1.54) is 13.8 Å². The van der Waals surface area contributed by atoms with Crippen LogP contribution >= 0.6 is 0 Å². The number of nitrogens with zero attached hydrogens (tertiary/aromatic N) is 1. The normalized spacial score (nSPS) is 10.2. The molecule has 0 amide bonds. The Balaban J connectivity index is 3.39. The monoisotopic (exact) mass is 223 g/mol. The van der Waals surface area contributed by atoms with Crippen LogP contribution in [0.2, 0.25) is 0 Å². The first-order chi connectivity index (χ1) is 7.34. The van der Waals surface area contributed by atoms with Crippen LogP contribution in [0.1, 0.15) is 35.6 Å². The molecule has 5 nitrogen and oxygen atoms in total. The fraction of sp³-hybridized carbons (Fsp3) is 0.364. The Bertz CT molecular complexity index is 466. The summed E-state index contributed by atoms with van der Waals surface area (Å²) in [6, 6.07) is 0. The van der Waals surface area contributed by atoms with Crippen molar-refractivity contribution in [1.29, 1.82) is 0 Å². The second-order valence-corrected chi connectivity index (χ2v) is 3.65. The molecule has 0 atom stereocenters. The molecule has 0 radical (unpaired) electrons. The summed E-state index contributed by atoms with van der Waals surface area (Å²) in [5, 5.41) is 19.2. The fourth-order valence-electron chi connectivity index (χ4n) is 1.52. The summed E-state index contributed by atoms with van der Waals surface area (Å²) in [6.45, 7) is 4.17. The lowest BCUT2D eigenvalue weighted by Crippen LogP contribution is -2.06. The Hall–Kier alpha value is -1.91. The highest BCUT2D eigenvalue weighted by Crippen LogP contribution is 2.33. The third kappa shape index (κ3) is 2.18.